The Morgan fingerprint density at radius 1 is 1.42 bits per heavy atom. The maximum atomic E-state index is 11.3. The third kappa shape index (κ3) is 5.25. The zero-order valence-electron chi connectivity index (χ0n) is 11.7. The molecule has 0 spiro atoms. The molecule has 0 aliphatic heterocycles. The highest BCUT2D eigenvalue weighted by molar-refractivity contribution is 8.13. The van der Waals surface area contributed by atoms with Crippen LogP contribution in [0, 0.1) is 17.3 Å². The van der Waals surface area contributed by atoms with Gasteiger partial charge in [-0.3, -0.25) is 0 Å². The smallest absolute Gasteiger partial charge is 0.280 e. The van der Waals surface area contributed by atoms with E-state index in [-0.39, 0.29) is 10.4 Å². The van der Waals surface area contributed by atoms with Gasteiger partial charge < -0.3 is 4.57 Å². The average molecular weight is 303 g/mol. The molecule has 0 aliphatic carbocycles. The summed E-state index contributed by atoms with van der Waals surface area (Å²) in [6.07, 6.45) is 3.03. The van der Waals surface area contributed by atoms with Gasteiger partial charge in [0.1, 0.15) is 5.82 Å². The first kappa shape index (κ1) is 16.1. The number of hydrogen-bond acceptors (Lipinski definition) is 3. The first-order valence-electron chi connectivity index (χ1n) is 6.14. The second-order valence-electron chi connectivity index (χ2n) is 5.36. The van der Waals surface area contributed by atoms with E-state index in [4.69, 9.17) is 10.7 Å². The van der Waals surface area contributed by atoms with Gasteiger partial charge in [-0.2, -0.15) is 0 Å². The summed E-state index contributed by atoms with van der Waals surface area (Å²) in [4.78, 5) is 4.06. The SMILES string of the molecule is CCCc1nc(S(=O)(=O)Cl)cn1CC#CC(C)(C)C. The summed E-state index contributed by atoms with van der Waals surface area (Å²) in [5.74, 6) is 6.85. The second-order valence-corrected chi connectivity index (χ2v) is 7.88. The highest BCUT2D eigenvalue weighted by Crippen LogP contribution is 2.16. The van der Waals surface area contributed by atoms with E-state index in [2.05, 4.69) is 16.8 Å². The Morgan fingerprint density at radius 3 is 2.53 bits per heavy atom. The van der Waals surface area contributed by atoms with Crippen molar-refractivity contribution in [3.05, 3.63) is 12.0 Å². The maximum absolute atomic E-state index is 11.3. The van der Waals surface area contributed by atoms with Crippen molar-refractivity contribution in [3.8, 4) is 11.8 Å². The van der Waals surface area contributed by atoms with E-state index in [1.165, 1.54) is 6.20 Å². The third-order valence-corrected chi connectivity index (χ3v) is 3.44. The van der Waals surface area contributed by atoms with E-state index in [0.29, 0.717) is 18.8 Å². The van der Waals surface area contributed by atoms with Crippen molar-refractivity contribution >= 4 is 19.7 Å². The van der Waals surface area contributed by atoms with Crippen LogP contribution in [0.3, 0.4) is 0 Å². The fraction of sp³-hybridized carbons (Fsp3) is 0.615. The van der Waals surface area contributed by atoms with Crippen molar-refractivity contribution in [2.75, 3.05) is 0 Å². The van der Waals surface area contributed by atoms with Gasteiger partial charge in [-0.1, -0.05) is 18.8 Å². The molecule has 106 valence electrons. The predicted molar refractivity (Wildman–Crippen MR) is 76.5 cm³/mol. The van der Waals surface area contributed by atoms with Crippen LogP contribution < -0.4 is 0 Å². The lowest BCUT2D eigenvalue weighted by atomic mass is 9.98. The molecule has 1 aromatic rings. The lowest BCUT2D eigenvalue weighted by Crippen LogP contribution is -2.04. The highest BCUT2D eigenvalue weighted by Gasteiger charge is 2.17. The molecule has 0 N–H and O–H groups in total. The summed E-state index contributed by atoms with van der Waals surface area (Å²) in [6.45, 7) is 8.50. The molecule has 4 nitrogen and oxygen atoms in total. The molecule has 0 unspecified atom stereocenters. The number of halogens is 1. The summed E-state index contributed by atoms with van der Waals surface area (Å²) in [5, 5.41) is -0.102. The molecule has 0 amide bonds. The Hall–Kier alpha value is -0.990. The van der Waals surface area contributed by atoms with E-state index in [1.54, 1.807) is 4.57 Å². The summed E-state index contributed by atoms with van der Waals surface area (Å²) < 4.78 is 24.3. The molecule has 1 aromatic heterocycles. The highest BCUT2D eigenvalue weighted by atomic mass is 35.7. The lowest BCUT2D eigenvalue weighted by molar-refractivity contribution is 0.569. The van der Waals surface area contributed by atoms with E-state index in [0.717, 1.165) is 6.42 Å². The molecule has 0 fully saturated rings. The topological polar surface area (TPSA) is 52.0 Å². The van der Waals surface area contributed by atoms with Crippen LogP contribution in [-0.2, 0) is 22.0 Å². The van der Waals surface area contributed by atoms with Crippen LogP contribution in [0.1, 0.15) is 39.9 Å². The maximum Gasteiger partial charge on any atom is 0.280 e. The van der Waals surface area contributed by atoms with Gasteiger partial charge in [0.2, 0.25) is 0 Å². The summed E-state index contributed by atoms with van der Waals surface area (Å²) in [6, 6.07) is 0. The molecule has 0 saturated carbocycles. The normalized spacial score (nSPS) is 12.1. The molecule has 1 heterocycles. The van der Waals surface area contributed by atoms with Gasteiger partial charge >= 0.3 is 0 Å². The van der Waals surface area contributed by atoms with Gasteiger partial charge in [-0.05, 0) is 27.2 Å². The van der Waals surface area contributed by atoms with Gasteiger partial charge in [0.05, 0.1) is 6.54 Å². The molecule has 0 aliphatic rings. The Labute approximate surface area is 119 Å². The van der Waals surface area contributed by atoms with Crippen molar-refractivity contribution in [2.45, 2.75) is 52.1 Å². The van der Waals surface area contributed by atoms with Crippen LogP contribution in [0.2, 0.25) is 0 Å². The largest absolute Gasteiger partial charge is 0.322 e. The molecular weight excluding hydrogens is 284 g/mol. The molecule has 0 saturated heterocycles. The van der Waals surface area contributed by atoms with Crippen LogP contribution in [0.4, 0.5) is 0 Å². The number of hydrogen-bond donors (Lipinski definition) is 0. The van der Waals surface area contributed by atoms with Gasteiger partial charge in [0.15, 0.2) is 5.03 Å². The molecule has 0 radical (unpaired) electrons. The standard InChI is InChI=1S/C13H19ClN2O2S/c1-5-7-11-15-12(19(14,17)18)10-16(11)9-6-8-13(2,3)4/h10H,5,7,9H2,1-4H3. The molecule has 0 aromatic carbocycles. The minimum atomic E-state index is -3.78. The molecule has 0 atom stereocenters. The Morgan fingerprint density at radius 2 is 2.05 bits per heavy atom. The molecule has 0 bridgehead atoms. The van der Waals surface area contributed by atoms with Gasteiger partial charge in [-0.15, -0.1) is 0 Å². The quantitative estimate of drug-likeness (QED) is 0.635. The van der Waals surface area contributed by atoms with Crippen LogP contribution in [0.15, 0.2) is 11.2 Å². The van der Waals surface area contributed by atoms with Gasteiger partial charge in [0, 0.05) is 28.7 Å². The van der Waals surface area contributed by atoms with Crippen molar-refractivity contribution < 1.29 is 8.42 Å². The minimum absolute atomic E-state index is 0.0765. The second kappa shape index (κ2) is 5.98. The number of aryl methyl sites for hydroxylation is 1. The van der Waals surface area contributed by atoms with Crippen LogP contribution in [-0.4, -0.2) is 18.0 Å². The van der Waals surface area contributed by atoms with Crippen molar-refractivity contribution in [1.82, 2.24) is 9.55 Å². The van der Waals surface area contributed by atoms with Crippen molar-refractivity contribution in [2.24, 2.45) is 5.41 Å². The molecule has 19 heavy (non-hydrogen) atoms. The minimum Gasteiger partial charge on any atom is -0.322 e. The molecule has 6 heteroatoms. The number of nitrogens with zero attached hydrogens (tertiary/aromatic N) is 2. The molecule has 1 rings (SSSR count). The van der Waals surface area contributed by atoms with Crippen LogP contribution in [0.5, 0.6) is 0 Å². The van der Waals surface area contributed by atoms with Crippen molar-refractivity contribution in [1.29, 1.82) is 0 Å². The van der Waals surface area contributed by atoms with Crippen LogP contribution in [0.25, 0.3) is 0 Å². The zero-order chi connectivity index (χ0) is 14.7. The van der Waals surface area contributed by atoms with E-state index >= 15 is 0 Å². The summed E-state index contributed by atoms with van der Waals surface area (Å²) >= 11 is 0. The van der Waals surface area contributed by atoms with E-state index < -0.39 is 9.05 Å². The molecular formula is C13H19ClN2O2S. The van der Waals surface area contributed by atoms with Crippen LogP contribution >= 0.6 is 10.7 Å². The number of imidazole rings is 1. The first-order chi connectivity index (χ1) is 8.63. The van der Waals surface area contributed by atoms with E-state index in [1.807, 2.05) is 27.7 Å². The van der Waals surface area contributed by atoms with Gasteiger partial charge in [0.25, 0.3) is 9.05 Å². The Bertz CT molecular complexity index is 601. The summed E-state index contributed by atoms with van der Waals surface area (Å²) in [7, 11) is 1.53. The first-order valence-corrected chi connectivity index (χ1v) is 8.45. The predicted octanol–water partition coefficient (Wildman–Crippen LogP) is 2.81. The monoisotopic (exact) mass is 302 g/mol. The van der Waals surface area contributed by atoms with E-state index in [9.17, 15) is 8.42 Å². The number of aromatic nitrogens is 2. The Balaban J connectivity index is 3.04. The fourth-order valence-corrected chi connectivity index (χ4v) is 2.19. The lowest BCUT2D eigenvalue weighted by Gasteiger charge is -2.07. The third-order valence-electron chi connectivity index (χ3n) is 2.27. The Kier molecular flexibility index (Phi) is 5.05. The zero-order valence-corrected chi connectivity index (χ0v) is 13.3. The van der Waals surface area contributed by atoms with Gasteiger partial charge in [-0.25, -0.2) is 13.4 Å². The van der Waals surface area contributed by atoms with Crippen molar-refractivity contribution in [3.63, 3.8) is 0 Å². The average Bonchev–Trinajstić information content (AvgIpc) is 2.60. The number of rotatable bonds is 4. The summed E-state index contributed by atoms with van der Waals surface area (Å²) in [5.41, 5.74) is -0.0765. The fourth-order valence-electron chi connectivity index (χ4n) is 1.50.